The maximum absolute atomic E-state index is 12.0. The highest BCUT2D eigenvalue weighted by Gasteiger charge is 2.17. The third-order valence-corrected chi connectivity index (χ3v) is 3.73. The van der Waals surface area contributed by atoms with Gasteiger partial charge in [-0.3, -0.25) is 15.6 Å². The molecule has 1 amide bonds. The summed E-state index contributed by atoms with van der Waals surface area (Å²) in [6, 6.07) is 7.55. The van der Waals surface area contributed by atoms with Gasteiger partial charge in [-0.05, 0) is 56.6 Å². The maximum atomic E-state index is 12.0. The van der Waals surface area contributed by atoms with Crippen LogP contribution in [0.3, 0.4) is 0 Å². The lowest BCUT2D eigenvalue weighted by atomic mass is 10.2. The summed E-state index contributed by atoms with van der Waals surface area (Å²) in [7, 11) is 0. The van der Waals surface area contributed by atoms with Gasteiger partial charge in [0.25, 0.3) is 5.91 Å². The molecule has 1 saturated heterocycles. The molecule has 0 radical (unpaired) electrons. The zero-order valence-corrected chi connectivity index (χ0v) is 14.2. The predicted octanol–water partition coefficient (Wildman–Crippen LogP) is 1.44. The largest absolute Gasteiger partial charge is 0.481 e. The van der Waals surface area contributed by atoms with Crippen molar-refractivity contribution in [1.82, 2.24) is 16.2 Å². The zero-order chi connectivity index (χ0) is 16.7. The summed E-state index contributed by atoms with van der Waals surface area (Å²) >= 11 is 5.11. The molecule has 23 heavy (non-hydrogen) atoms. The van der Waals surface area contributed by atoms with Crippen LogP contribution in [0.4, 0.5) is 0 Å². The van der Waals surface area contributed by atoms with Crippen molar-refractivity contribution in [3.05, 3.63) is 29.8 Å². The molecule has 0 aliphatic carbocycles. The summed E-state index contributed by atoms with van der Waals surface area (Å²) in [5.41, 5.74) is 6.28. The van der Waals surface area contributed by atoms with Gasteiger partial charge in [-0.15, -0.1) is 0 Å². The lowest BCUT2D eigenvalue weighted by molar-refractivity contribution is -0.127. The molecule has 0 saturated carbocycles. The zero-order valence-electron chi connectivity index (χ0n) is 13.4. The lowest BCUT2D eigenvalue weighted by Crippen LogP contribution is -2.51. The number of rotatable bonds is 5. The molecular weight excluding hydrogens is 314 g/mol. The van der Waals surface area contributed by atoms with Gasteiger partial charge in [0.15, 0.2) is 11.2 Å². The van der Waals surface area contributed by atoms with Crippen LogP contribution in [-0.2, 0) is 9.53 Å². The Morgan fingerprint density at radius 2 is 2.30 bits per heavy atom. The van der Waals surface area contributed by atoms with Crippen molar-refractivity contribution in [1.29, 1.82) is 0 Å². The van der Waals surface area contributed by atoms with E-state index in [0.29, 0.717) is 17.4 Å². The minimum atomic E-state index is -0.634. The van der Waals surface area contributed by atoms with Crippen LogP contribution in [0.2, 0.25) is 0 Å². The van der Waals surface area contributed by atoms with Crippen molar-refractivity contribution < 1.29 is 14.3 Å². The number of ether oxygens (including phenoxy) is 2. The fourth-order valence-electron chi connectivity index (χ4n) is 2.22. The van der Waals surface area contributed by atoms with Crippen LogP contribution < -0.4 is 20.9 Å². The number of hydrogen-bond acceptors (Lipinski definition) is 4. The highest BCUT2D eigenvalue weighted by Crippen LogP contribution is 2.14. The van der Waals surface area contributed by atoms with Crippen LogP contribution in [-0.4, -0.2) is 36.4 Å². The second kappa shape index (κ2) is 8.69. The number of thiocarbonyl (C=S) groups is 1. The topological polar surface area (TPSA) is 71.6 Å². The first-order chi connectivity index (χ1) is 11.0. The van der Waals surface area contributed by atoms with Gasteiger partial charge in [-0.25, -0.2) is 0 Å². The predicted molar refractivity (Wildman–Crippen MR) is 92.1 cm³/mol. The molecule has 1 aliphatic rings. The van der Waals surface area contributed by atoms with E-state index in [1.54, 1.807) is 6.92 Å². The standard InChI is InChI=1S/C16H23N3O3S/c1-11-5-3-6-13(9-11)22-12(2)15(20)18-19-16(23)17-10-14-7-4-8-21-14/h3,5-6,9,12,14H,4,7-8,10H2,1-2H3,(H,18,20)(H2,17,19,23)/t12-,14+/m0/s1. The summed E-state index contributed by atoms with van der Waals surface area (Å²) in [6.45, 7) is 5.09. The monoisotopic (exact) mass is 337 g/mol. The van der Waals surface area contributed by atoms with Gasteiger partial charge in [0, 0.05) is 13.2 Å². The van der Waals surface area contributed by atoms with Crippen LogP contribution in [0.25, 0.3) is 0 Å². The summed E-state index contributed by atoms with van der Waals surface area (Å²) in [5.74, 6) is 0.361. The first kappa shape index (κ1) is 17.5. The van der Waals surface area contributed by atoms with Gasteiger partial charge in [0.05, 0.1) is 6.10 Å². The van der Waals surface area contributed by atoms with E-state index < -0.39 is 6.10 Å². The Balaban J connectivity index is 1.67. The number of benzene rings is 1. The van der Waals surface area contributed by atoms with Gasteiger partial charge in [-0.1, -0.05) is 12.1 Å². The Bertz CT molecular complexity index is 547. The van der Waals surface area contributed by atoms with E-state index >= 15 is 0 Å². The maximum Gasteiger partial charge on any atom is 0.279 e. The molecule has 7 heteroatoms. The number of amides is 1. The average molecular weight is 337 g/mol. The van der Waals surface area contributed by atoms with Gasteiger partial charge in [0.1, 0.15) is 5.75 Å². The smallest absolute Gasteiger partial charge is 0.279 e. The molecule has 0 unspecified atom stereocenters. The van der Waals surface area contributed by atoms with Gasteiger partial charge in [-0.2, -0.15) is 0 Å². The average Bonchev–Trinajstić information content (AvgIpc) is 3.04. The normalized spacial score (nSPS) is 18.1. The fraction of sp³-hybridized carbons (Fsp3) is 0.500. The van der Waals surface area contributed by atoms with Crippen LogP contribution >= 0.6 is 12.2 Å². The molecule has 3 N–H and O–H groups in total. The molecule has 126 valence electrons. The summed E-state index contributed by atoms with van der Waals surface area (Å²) in [4.78, 5) is 12.0. The number of carbonyl (C=O) groups is 1. The highest BCUT2D eigenvalue weighted by molar-refractivity contribution is 7.80. The Labute approximate surface area is 141 Å². The fourth-order valence-corrected chi connectivity index (χ4v) is 2.36. The molecule has 2 atom stereocenters. The van der Waals surface area contributed by atoms with Gasteiger partial charge >= 0.3 is 0 Å². The SMILES string of the molecule is Cc1cccc(O[C@@H](C)C(=O)NNC(=S)NC[C@H]2CCCO2)c1. The molecule has 1 aliphatic heterocycles. The molecule has 0 spiro atoms. The van der Waals surface area contributed by atoms with Crippen LogP contribution in [0.1, 0.15) is 25.3 Å². The van der Waals surface area contributed by atoms with Gasteiger partial charge < -0.3 is 14.8 Å². The van der Waals surface area contributed by atoms with Crippen LogP contribution in [0.15, 0.2) is 24.3 Å². The molecular formula is C16H23N3O3S. The third-order valence-electron chi connectivity index (χ3n) is 3.49. The molecule has 0 bridgehead atoms. The summed E-state index contributed by atoms with van der Waals surface area (Å²) < 4.78 is 11.1. The molecule has 6 nitrogen and oxygen atoms in total. The van der Waals surface area contributed by atoms with E-state index in [-0.39, 0.29) is 12.0 Å². The van der Waals surface area contributed by atoms with Crippen molar-refractivity contribution >= 4 is 23.2 Å². The van der Waals surface area contributed by atoms with Gasteiger partial charge in [0.2, 0.25) is 0 Å². The van der Waals surface area contributed by atoms with E-state index in [4.69, 9.17) is 21.7 Å². The van der Waals surface area contributed by atoms with Crippen molar-refractivity contribution in [2.45, 2.75) is 38.9 Å². The van der Waals surface area contributed by atoms with E-state index in [2.05, 4.69) is 16.2 Å². The number of aryl methyl sites for hydroxylation is 1. The molecule has 1 aromatic carbocycles. The number of hydrogen-bond donors (Lipinski definition) is 3. The van der Waals surface area contributed by atoms with Crippen molar-refractivity contribution in [3.8, 4) is 5.75 Å². The number of carbonyl (C=O) groups excluding carboxylic acids is 1. The van der Waals surface area contributed by atoms with E-state index in [1.165, 1.54) is 0 Å². The van der Waals surface area contributed by atoms with Crippen LogP contribution in [0.5, 0.6) is 5.75 Å². The molecule has 2 rings (SSSR count). The highest BCUT2D eigenvalue weighted by atomic mass is 32.1. The second-order valence-electron chi connectivity index (χ2n) is 5.54. The Morgan fingerprint density at radius 1 is 1.48 bits per heavy atom. The third kappa shape index (κ3) is 6.03. The Hall–Kier alpha value is -1.86. The quantitative estimate of drug-likeness (QED) is 0.558. The van der Waals surface area contributed by atoms with E-state index in [9.17, 15) is 4.79 Å². The number of hydrazine groups is 1. The second-order valence-corrected chi connectivity index (χ2v) is 5.94. The first-order valence-electron chi connectivity index (χ1n) is 7.73. The van der Waals surface area contributed by atoms with E-state index in [1.807, 2.05) is 31.2 Å². The van der Waals surface area contributed by atoms with Crippen LogP contribution in [0, 0.1) is 6.92 Å². The van der Waals surface area contributed by atoms with Crippen molar-refractivity contribution in [3.63, 3.8) is 0 Å². The minimum absolute atomic E-state index is 0.189. The van der Waals surface area contributed by atoms with Crippen molar-refractivity contribution in [2.75, 3.05) is 13.2 Å². The molecule has 1 heterocycles. The number of nitrogens with one attached hydrogen (secondary N) is 3. The van der Waals surface area contributed by atoms with E-state index in [0.717, 1.165) is 25.0 Å². The first-order valence-corrected chi connectivity index (χ1v) is 8.14. The summed E-state index contributed by atoms with van der Waals surface area (Å²) in [5, 5.41) is 3.37. The Kier molecular flexibility index (Phi) is 6.61. The summed E-state index contributed by atoms with van der Waals surface area (Å²) in [6.07, 6.45) is 1.67. The minimum Gasteiger partial charge on any atom is -0.481 e. The van der Waals surface area contributed by atoms with Crippen molar-refractivity contribution in [2.24, 2.45) is 0 Å². The lowest BCUT2D eigenvalue weighted by Gasteiger charge is -2.17. The molecule has 1 aromatic rings. The molecule has 1 fully saturated rings. The Morgan fingerprint density at radius 3 is 3.00 bits per heavy atom. The molecule has 0 aromatic heterocycles.